The van der Waals surface area contributed by atoms with E-state index < -0.39 is 12.7 Å². The molecule has 2 N–H and O–H groups in total. The summed E-state index contributed by atoms with van der Waals surface area (Å²) >= 11 is 0. The monoisotopic (exact) mass is 342 g/mol. The van der Waals surface area contributed by atoms with Gasteiger partial charge in [-0.25, -0.2) is 4.79 Å². The van der Waals surface area contributed by atoms with E-state index in [1.807, 2.05) is 6.92 Å². The predicted octanol–water partition coefficient (Wildman–Crippen LogP) is 3.15. The van der Waals surface area contributed by atoms with Crippen LogP contribution in [0.5, 0.6) is 5.75 Å². The highest BCUT2D eigenvalue weighted by Gasteiger charge is 2.29. The van der Waals surface area contributed by atoms with Gasteiger partial charge >= 0.3 is 12.6 Å². The third kappa shape index (κ3) is 4.80. The number of hydrogen-bond donors (Lipinski definition) is 2. The number of nitrogens with zero attached hydrogens (tertiary/aromatic N) is 1. The van der Waals surface area contributed by atoms with Crippen LogP contribution < -0.4 is 10.1 Å². The van der Waals surface area contributed by atoms with Gasteiger partial charge in [-0.15, -0.1) is 0 Å². The Labute approximate surface area is 140 Å². The lowest BCUT2D eigenvalue weighted by molar-refractivity contribution is -0.0498. The number of amides is 2. The van der Waals surface area contributed by atoms with Gasteiger partial charge in [0.2, 0.25) is 0 Å². The van der Waals surface area contributed by atoms with Crippen LogP contribution in [0.1, 0.15) is 38.3 Å². The second kappa shape index (κ2) is 8.28. The first-order valence-electron chi connectivity index (χ1n) is 8.19. The molecular formula is C17H24F2N2O3. The van der Waals surface area contributed by atoms with E-state index in [1.165, 1.54) is 12.1 Å². The van der Waals surface area contributed by atoms with Crippen molar-refractivity contribution >= 4 is 6.03 Å². The van der Waals surface area contributed by atoms with Crippen LogP contribution in [0.2, 0.25) is 0 Å². The number of carbonyl (C=O) groups is 1. The highest BCUT2D eigenvalue weighted by Crippen LogP contribution is 2.23. The third-order valence-electron chi connectivity index (χ3n) is 4.41. The third-order valence-corrected chi connectivity index (χ3v) is 4.41. The molecule has 0 bridgehead atoms. The predicted molar refractivity (Wildman–Crippen MR) is 86.0 cm³/mol. The van der Waals surface area contributed by atoms with Crippen LogP contribution in [-0.2, 0) is 0 Å². The maximum atomic E-state index is 12.4. The Hall–Kier alpha value is -1.89. The van der Waals surface area contributed by atoms with Crippen LogP contribution in [0.4, 0.5) is 13.6 Å². The smallest absolute Gasteiger partial charge is 0.387 e. The quantitative estimate of drug-likeness (QED) is 0.835. The van der Waals surface area contributed by atoms with Crippen molar-refractivity contribution in [3.8, 4) is 5.75 Å². The average molecular weight is 342 g/mol. The average Bonchev–Trinajstić information content (AvgIpc) is 3.03. The van der Waals surface area contributed by atoms with Gasteiger partial charge in [0.1, 0.15) is 5.75 Å². The summed E-state index contributed by atoms with van der Waals surface area (Å²) in [5.74, 6) is 0.204. The molecule has 2 rings (SSSR count). The summed E-state index contributed by atoms with van der Waals surface area (Å²) in [6.07, 6.45) is 1.04. The highest BCUT2D eigenvalue weighted by molar-refractivity contribution is 5.75. The minimum absolute atomic E-state index is 0.0919. The first kappa shape index (κ1) is 18.4. The largest absolute Gasteiger partial charge is 0.435 e. The Morgan fingerprint density at radius 2 is 2.08 bits per heavy atom. The van der Waals surface area contributed by atoms with Gasteiger partial charge < -0.3 is 20.1 Å². The van der Waals surface area contributed by atoms with Crippen molar-refractivity contribution in [3.05, 3.63) is 29.8 Å². The number of urea groups is 1. The molecular weight excluding hydrogens is 318 g/mol. The van der Waals surface area contributed by atoms with E-state index in [2.05, 4.69) is 10.1 Å². The Balaban J connectivity index is 1.95. The molecule has 1 aliphatic rings. The number of likely N-dealkylation sites (tertiary alicyclic amines) is 1. The fourth-order valence-corrected chi connectivity index (χ4v) is 2.91. The molecule has 0 saturated carbocycles. The van der Waals surface area contributed by atoms with Gasteiger partial charge in [0.25, 0.3) is 0 Å². The van der Waals surface area contributed by atoms with Crippen LogP contribution in [0.3, 0.4) is 0 Å². The number of aliphatic hydroxyl groups excluding tert-OH is 1. The lowest BCUT2D eigenvalue weighted by atomic mass is 10.0. The Morgan fingerprint density at radius 3 is 2.58 bits per heavy atom. The topological polar surface area (TPSA) is 61.8 Å². The number of alkyl halides is 2. The second-order valence-corrected chi connectivity index (χ2v) is 6.09. The molecule has 134 valence electrons. The van der Waals surface area contributed by atoms with Crippen LogP contribution in [0.15, 0.2) is 24.3 Å². The van der Waals surface area contributed by atoms with E-state index in [1.54, 1.807) is 24.0 Å². The fraction of sp³-hybridized carbons (Fsp3) is 0.588. The number of ether oxygens (including phenoxy) is 1. The standard InChI is InChI=1S/C17H24F2N2O3/c1-3-15(12-4-6-14(7-5-12)24-16(18)19)20-17(23)21-9-8-13(10-21)11(2)22/h4-7,11,13,15-16,22H,3,8-10H2,1-2H3,(H,20,23)/t11-,13-,15-/m0/s1. The molecule has 24 heavy (non-hydrogen) atoms. The van der Waals surface area contributed by atoms with Gasteiger partial charge in [-0.2, -0.15) is 8.78 Å². The van der Waals surface area contributed by atoms with E-state index in [-0.39, 0.29) is 23.7 Å². The SMILES string of the molecule is CC[C@H](NC(=O)N1CC[C@H]([C@H](C)O)C1)c1ccc(OC(F)F)cc1. The Morgan fingerprint density at radius 1 is 1.42 bits per heavy atom. The molecule has 0 aromatic heterocycles. The van der Waals surface area contributed by atoms with Crippen molar-refractivity contribution in [3.63, 3.8) is 0 Å². The molecule has 0 radical (unpaired) electrons. The first-order valence-corrected chi connectivity index (χ1v) is 8.19. The van der Waals surface area contributed by atoms with Gasteiger partial charge in [0, 0.05) is 19.0 Å². The van der Waals surface area contributed by atoms with Gasteiger partial charge in [-0.1, -0.05) is 19.1 Å². The molecule has 1 heterocycles. The second-order valence-electron chi connectivity index (χ2n) is 6.09. The summed E-state index contributed by atoms with van der Waals surface area (Å²) in [6.45, 7) is 2.00. The zero-order valence-corrected chi connectivity index (χ0v) is 13.9. The van der Waals surface area contributed by atoms with Gasteiger partial charge in [0.15, 0.2) is 0 Å². The van der Waals surface area contributed by atoms with Crippen LogP contribution in [0.25, 0.3) is 0 Å². The molecule has 1 aliphatic heterocycles. The zero-order chi connectivity index (χ0) is 17.7. The molecule has 1 saturated heterocycles. The summed E-state index contributed by atoms with van der Waals surface area (Å²) in [5, 5.41) is 12.6. The molecule has 1 fully saturated rings. The van der Waals surface area contributed by atoms with E-state index in [4.69, 9.17) is 0 Å². The van der Waals surface area contributed by atoms with Crippen molar-refractivity contribution in [1.82, 2.24) is 10.2 Å². The molecule has 7 heteroatoms. The molecule has 1 aromatic rings. The van der Waals surface area contributed by atoms with Crippen LogP contribution in [0, 0.1) is 5.92 Å². The van der Waals surface area contributed by atoms with Crippen molar-refractivity contribution in [2.45, 2.75) is 45.4 Å². The lowest BCUT2D eigenvalue weighted by Gasteiger charge is -2.23. The van der Waals surface area contributed by atoms with Crippen molar-refractivity contribution in [2.24, 2.45) is 5.92 Å². The number of aliphatic hydroxyl groups is 1. The van der Waals surface area contributed by atoms with Crippen LogP contribution >= 0.6 is 0 Å². The normalized spacial score (nSPS) is 20.1. The maximum absolute atomic E-state index is 12.4. The lowest BCUT2D eigenvalue weighted by Crippen LogP contribution is -2.40. The molecule has 0 spiro atoms. The fourth-order valence-electron chi connectivity index (χ4n) is 2.91. The van der Waals surface area contributed by atoms with Crippen molar-refractivity contribution < 1.29 is 23.4 Å². The van der Waals surface area contributed by atoms with Gasteiger partial charge in [-0.3, -0.25) is 0 Å². The summed E-state index contributed by atoms with van der Waals surface area (Å²) in [6, 6.07) is 5.91. The summed E-state index contributed by atoms with van der Waals surface area (Å²) in [7, 11) is 0. The molecule has 5 nitrogen and oxygen atoms in total. The van der Waals surface area contributed by atoms with E-state index in [0.717, 1.165) is 12.0 Å². The Kier molecular flexibility index (Phi) is 6.36. The number of benzene rings is 1. The minimum Gasteiger partial charge on any atom is -0.435 e. The van der Waals surface area contributed by atoms with Crippen molar-refractivity contribution in [2.75, 3.05) is 13.1 Å². The summed E-state index contributed by atoms with van der Waals surface area (Å²) in [4.78, 5) is 14.1. The number of halogens is 2. The molecule has 0 aliphatic carbocycles. The van der Waals surface area contributed by atoms with E-state index in [9.17, 15) is 18.7 Å². The molecule has 1 aromatic carbocycles. The maximum Gasteiger partial charge on any atom is 0.387 e. The Bertz CT molecular complexity index is 537. The van der Waals surface area contributed by atoms with E-state index >= 15 is 0 Å². The summed E-state index contributed by atoms with van der Waals surface area (Å²) < 4.78 is 28.7. The number of nitrogens with one attached hydrogen (secondary N) is 1. The van der Waals surface area contributed by atoms with Crippen molar-refractivity contribution in [1.29, 1.82) is 0 Å². The minimum atomic E-state index is -2.85. The first-order chi connectivity index (χ1) is 11.4. The zero-order valence-electron chi connectivity index (χ0n) is 13.9. The molecule has 0 unspecified atom stereocenters. The van der Waals surface area contributed by atoms with Crippen LogP contribution in [-0.4, -0.2) is 41.8 Å². The van der Waals surface area contributed by atoms with Gasteiger partial charge in [0.05, 0.1) is 12.1 Å². The number of carbonyl (C=O) groups excluding carboxylic acids is 1. The number of rotatable bonds is 6. The van der Waals surface area contributed by atoms with E-state index in [0.29, 0.717) is 19.5 Å². The summed E-state index contributed by atoms with van der Waals surface area (Å²) in [5.41, 5.74) is 0.832. The molecule has 3 atom stereocenters. The van der Waals surface area contributed by atoms with Gasteiger partial charge in [-0.05, 0) is 37.5 Å². The molecule has 2 amide bonds. The highest BCUT2D eigenvalue weighted by atomic mass is 19.3. The number of hydrogen-bond acceptors (Lipinski definition) is 3.